The van der Waals surface area contributed by atoms with Crippen molar-refractivity contribution in [3.63, 3.8) is 0 Å². The Labute approximate surface area is 147 Å². The van der Waals surface area contributed by atoms with Gasteiger partial charge >= 0.3 is 6.18 Å². The third kappa shape index (κ3) is 3.46. The lowest BCUT2D eigenvalue weighted by molar-refractivity contribution is -0.138. The van der Waals surface area contributed by atoms with Crippen LogP contribution in [-0.2, 0) is 6.18 Å². The molecule has 0 fully saturated rings. The maximum atomic E-state index is 13.6. The van der Waals surface area contributed by atoms with Gasteiger partial charge in [-0.3, -0.25) is 0 Å². The first-order valence-electron chi connectivity index (χ1n) is 7.58. The fraction of sp³-hybridized carbons (Fsp3) is 0.235. The first kappa shape index (κ1) is 17.7. The molecular formula is C17H15F3N4O2. The van der Waals surface area contributed by atoms with Crippen LogP contribution in [0.1, 0.15) is 16.7 Å². The molecule has 0 spiro atoms. The second-order valence-corrected chi connectivity index (χ2v) is 5.61. The number of nitrogens with one attached hydrogen (secondary N) is 1. The Morgan fingerprint density at radius 3 is 2.46 bits per heavy atom. The Morgan fingerprint density at radius 1 is 1.12 bits per heavy atom. The highest BCUT2D eigenvalue weighted by molar-refractivity contribution is 5.67. The maximum Gasteiger partial charge on any atom is 0.425 e. The number of alkyl halides is 3. The fourth-order valence-corrected chi connectivity index (χ4v) is 2.46. The van der Waals surface area contributed by atoms with E-state index in [0.717, 1.165) is 18.2 Å². The molecule has 0 aliphatic rings. The summed E-state index contributed by atoms with van der Waals surface area (Å²) in [5, 5.41) is 6.41. The molecule has 26 heavy (non-hydrogen) atoms. The van der Waals surface area contributed by atoms with Crippen molar-refractivity contribution in [3.8, 4) is 17.4 Å². The summed E-state index contributed by atoms with van der Waals surface area (Å²) in [6, 6.07) is 6.78. The molecule has 0 bridgehead atoms. The van der Waals surface area contributed by atoms with Gasteiger partial charge in [0.2, 0.25) is 5.88 Å². The molecule has 2 heterocycles. The first-order chi connectivity index (χ1) is 12.3. The molecule has 0 aliphatic carbocycles. The number of nitrogens with zero attached hydrogens (tertiary/aromatic N) is 3. The standard InChI is InChI=1S/C17H15F3N4O2/c1-9-4-5-11(10(2)8-9)21-15-13(17(18,19)20)16(25-3)23-14(22-15)12-6-7-26-24-12/h4-8H,1-3H3,(H,21,22,23). The molecule has 1 N–H and O–H groups in total. The number of hydrogen-bond acceptors (Lipinski definition) is 6. The highest BCUT2D eigenvalue weighted by atomic mass is 19.4. The van der Waals surface area contributed by atoms with Crippen LogP contribution in [-0.4, -0.2) is 22.2 Å². The molecule has 0 saturated heterocycles. The quantitative estimate of drug-likeness (QED) is 0.734. The van der Waals surface area contributed by atoms with Crippen molar-refractivity contribution in [3.05, 3.63) is 47.2 Å². The van der Waals surface area contributed by atoms with E-state index in [2.05, 4.69) is 20.4 Å². The van der Waals surface area contributed by atoms with Crippen molar-refractivity contribution in [2.24, 2.45) is 0 Å². The molecule has 0 saturated carbocycles. The molecule has 0 radical (unpaired) electrons. The number of aryl methyl sites for hydroxylation is 2. The van der Waals surface area contributed by atoms with E-state index in [9.17, 15) is 13.2 Å². The van der Waals surface area contributed by atoms with Crippen molar-refractivity contribution >= 4 is 11.5 Å². The van der Waals surface area contributed by atoms with E-state index in [4.69, 9.17) is 9.26 Å². The Hall–Kier alpha value is -3.10. The second kappa shape index (κ2) is 6.66. The minimum Gasteiger partial charge on any atom is -0.480 e. The molecule has 136 valence electrons. The number of halogens is 3. The van der Waals surface area contributed by atoms with Crippen LogP contribution in [0.25, 0.3) is 11.5 Å². The average molecular weight is 364 g/mol. The Balaban J connectivity index is 2.18. The summed E-state index contributed by atoms with van der Waals surface area (Å²) in [6.45, 7) is 3.69. The summed E-state index contributed by atoms with van der Waals surface area (Å²) >= 11 is 0. The van der Waals surface area contributed by atoms with Gasteiger partial charge in [-0.2, -0.15) is 18.2 Å². The topological polar surface area (TPSA) is 73.1 Å². The molecule has 0 unspecified atom stereocenters. The molecule has 3 aromatic rings. The van der Waals surface area contributed by atoms with Gasteiger partial charge in [-0.05, 0) is 25.5 Å². The van der Waals surface area contributed by atoms with Crippen LogP contribution in [0.4, 0.5) is 24.7 Å². The van der Waals surface area contributed by atoms with Gasteiger partial charge in [-0.15, -0.1) is 0 Å². The van der Waals surface area contributed by atoms with Gasteiger partial charge in [0.15, 0.2) is 22.9 Å². The molecule has 0 amide bonds. The van der Waals surface area contributed by atoms with Gasteiger partial charge in [0.25, 0.3) is 0 Å². The number of hydrogen-bond donors (Lipinski definition) is 1. The van der Waals surface area contributed by atoms with E-state index >= 15 is 0 Å². The Morgan fingerprint density at radius 2 is 1.88 bits per heavy atom. The van der Waals surface area contributed by atoms with Crippen LogP contribution in [0, 0.1) is 13.8 Å². The van der Waals surface area contributed by atoms with Gasteiger partial charge in [0.05, 0.1) is 7.11 Å². The van der Waals surface area contributed by atoms with E-state index in [-0.39, 0.29) is 11.5 Å². The SMILES string of the molecule is COc1nc(-c2ccon2)nc(Nc2ccc(C)cc2C)c1C(F)(F)F. The van der Waals surface area contributed by atoms with Crippen LogP contribution in [0.3, 0.4) is 0 Å². The summed E-state index contributed by atoms with van der Waals surface area (Å²) in [7, 11) is 1.12. The summed E-state index contributed by atoms with van der Waals surface area (Å²) in [6.07, 6.45) is -3.44. The number of rotatable bonds is 4. The molecule has 3 rings (SSSR count). The third-order valence-corrected chi connectivity index (χ3v) is 3.65. The lowest BCUT2D eigenvalue weighted by Crippen LogP contribution is -2.15. The molecule has 6 nitrogen and oxygen atoms in total. The predicted octanol–water partition coefficient (Wildman–Crippen LogP) is 4.52. The van der Waals surface area contributed by atoms with E-state index in [0.29, 0.717) is 5.69 Å². The molecule has 0 aliphatic heterocycles. The number of benzene rings is 1. The van der Waals surface area contributed by atoms with Crippen LogP contribution < -0.4 is 10.1 Å². The zero-order valence-corrected chi connectivity index (χ0v) is 14.2. The minimum atomic E-state index is -4.71. The summed E-state index contributed by atoms with van der Waals surface area (Å²) in [5.41, 5.74) is 1.37. The predicted molar refractivity (Wildman–Crippen MR) is 88.3 cm³/mol. The van der Waals surface area contributed by atoms with Crippen molar-refractivity contribution in [1.29, 1.82) is 0 Å². The van der Waals surface area contributed by atoms with E-state index in [1.807, 2.05) is 13.0 Å². The lowest BCUT2D eigenvalue weighted by atomic mass is 10.1. The van der Waals surface area contributed by atoms with Crippen LogP contribution >= 0.6 is 0 Å². The number of methoxy groups -OCH3 is 1. The van der Waals surface area contributed by atoms with Crippen LogP contribution in [0.15, 0.2) is 35.1 Å². The lowest BCUT2D eigenvalue weighted by Gasteiger charge is -2.18. The molecule has 1 aromatic carbocycles. The maximum absolute atomic E-state index is 13.6. The number of anilines is 2. The van der Waals surface area contributed by atoms with Crippen LogP contribution in [0.2, 0.25) is 0 Å². The van der Waals surface area contributed by atoms with E-state index in [1.54, 1.807) is 19.1 Å². The van der Waals surface area contributed by atoms with E-state index in [1.165, 1.54) is 12.3 Å². The van der Waals surface area contributed by atoms with Crippen LogP contribution in [0.5, 0.6) is 5.88 Å². The summed E-state index contributed by atoms with van der Waals surface area (Å²) in [4.78, 5) is 7.83. The van der Waals surface area contributed by atoms with Gasteiger partial charge in [-0.25, -0.2) is 4.98 Å². The molecule has 9 heteroatoms. The highest BCUT2D eigenvalue weighted by Gasteiger charge is 2.40. The summed E-state index contributed by atoms with van der Waals surface area (Å²) in [5.74, 6) is -1.07. The third-order valence-electron chi connectivity index (χ3n) is 3.65. The van der Waals surface area contributed by atoms with Gasteiger partial charge < -0.3 is 14.6 Å². The molecule has 2 aromatic heterocycles. The molecule has 0 atom stereocenters. The van der Waals surface area contributed by atoms with Crippen molar-refractivity contribution in [2.75, 3.05) is 12.4 Å². The zero-order chi connectivity index (χ0) is 18.9. The second-order valence-electron chi connectivity index (χ2n) is 5.61. The van der Waals surface area contributed by atoms with Gasteiger partial charge in [-0.1, -0.05) is 22.9 Å². The van der Waals surface area contributed by atoms with Gasteiger partial charge in [0.1, 0.15) is 6.26 Å². The number of ether oxygens (including phenoxy) is 1. The minimum absolute atomic E-state index is 0.0455. The zero-order valence-electron chi connectivity index (χ0n) is 14.2. The molecular weight excluding hydrogens is 349 g/mol. The highest BCUT2D eigenvalue weighted by Crippen LogP contribution is 2.41. The van der Waals surface area contributed by atoms with E-state index < -0.39 is 23.4 Å². The Kier molecular flexibility index (Phi) is 4.54. The smallest absolute Gasteiger partial charge is 0.425 e. The number of aromatic nitrogens is 3. The monoisotopic (exact) mass is 364 g/mol. The van der Waals surface area contributed by atoms with Crippen molar-refractivity contribution in [2.45, 2.75) is 20.0 Å². The fourth-order valence-electron chi connectivity index (χ4n) is 2.46. The van der Waals surface area contributed by atoms with Crippen molar-refractivity contribution in [1.82, 2.24) is 15.1 Å². The van der Waals surface area contributed by atoms with Crippen molar-refractivity contribution < 1.29 is 22.4 Å². The largest absolute Gasteiger partial charge is 0.480 e. The Bertz CT molecular complexity index is 924. The normalized spacial score (nSPS) is 11.5. The van der Waals surface area contributed by atoms with Gasteiger partial charge in [0, 0.05) is 11.8 Å². The summed E-state index contributed by atoms with van der Waals surface area (Å²) < 4.78 is 50.4. The first-order valence-corrected chi connectivity index (χ1v) is 7.58. The average Bonchev–Trinajstić information content (AvgIpc) is 3.10.